The molecule has 1 N–H and O–H groups in total. The number of Topliss-reactive ketones (excluding diaryl/α,β-unsaturated/α-hetero) is 1. The number of unbranched alkanes of at least 4 members (excludes halogenated alkanes) is 2. The molecule has 0 saturated heterocycles. The highest BCUT2D eigenvalue weighted by molar-refractivity contribution is 6.43. The van der Waals surface area contributed by atoms with Gasteiger partial charge in [0.2, 0.25) is 0 Å². The highest BCUT2D eigenvalue weighted by Crippen LogP contribution is 2.17. The van der Waals surface area contributed by atoms with Crippen molar-refractivity contribution in [3.8, 4) is 0 Å². The summed E-state index contributed by atoms with van der Waals surface area (Å²) < 4.78 is 0. The smallest absolute Gasteiger partial charge is 0.292 e. The fourth-order valence-electron chi connectivity index (χ4n) is 2.31. The Labute approximate surface area is 115 Å². The summed E-state index contributed by atoms with van der Waals surface area (Å²) in [6, 6.07) is 3.87. The van der Waals surface area contributed by atoms with Crippen LogP contribution in [0.5, 0.6) is 0 Å². The van der Waals surface area contributed by atoms with Crippen LogP contribution in [0.15, 0.2) is 12.1 Å². The fraction of sp³-hybridized carbons (Fsp3) is 0.500. The molecule has 3 nitrogen and oxygen atoms in total. The second-order valence-electron chi connectivity index (χ2n) is 5.07. The molecule has 0 aliphatic carbocycles. The maximum Gasteiger partial charge on any atom is 0.292 e. The van der Waals surface area contributed by atoms with Gasteiger partial charge in [0, 0.05) is 12.1 Å². The molecule has 1 aromatic rings. The van der Waals surface area contributed by atoms with Crippen LogP contribution in [0.1, 0.15) is 53.2 Å². The van der Waals surface area contributed by atoms with Crippen molar-refractivity contribution in [2.24, 2.45) is 0 Å². The molecule has 0 fully saturated rings. The number of amides is 1. The minimum absolute atomic E-state index is 0.425. The summed E-state index contributed by atoms with van der Waals surface area (Å²) in [6.45, 7) is 8.41. The lowest BCUT2D eigenvalue weighted by molar-refractivity contribution is -0.117. The monoisotopic (exact) mass is 261 g/mol. The van der Waals surface area contributed by atoms with Crippen molar-refractivity contribution >= 4 is 11.7 Å². The number of aryl methyl sites for hydroxylation is 3. The van der Waals surface area contributed by atoms with Gasteiger partial charge in [-0.3, -0.25) is 9.59 Å². The molecule has 0 bridgehead atoms. The molecule has 104 valence electrons. The third-order valence-electron chi connectivity index (χ3n) is 3.18. The van der Waals surface area contributed by atoms with E-state index in [1.807, 2.05) is 32.9 Å². The van der Waals surface area contributed by atoms with Crippen molar-refractivity contribution < 1.29 is 9.59 Å². The van der Waals surface area contributed by atoms with Gasteiger partial charge in [0.05, 0.1) is 0 Å². The zero-order valence-electron chi connectivity index (χ0n) is 12.3. The van der Waals surface area contributed by atoms with E-state index in [4.69, 9.17) is 0 Å². The number of nitrogens with one attached hydrogen (secondary N) is 1. The standard InChI is InChI=1S/C16H23NO2/c1-5-6-7-8-17-16(19)15(18)14-12(3)9-11(2)10-13(14)4/h9-10H,5-8H2,1-4H3,(H,17,19). The van der Waals surface area contributed by atoms with Gasteiger partial charge >= 0.3 is 0 Å². The highest BCUT2D eigenvalue weighted by atomic mass is 16.2. The zero-order valence-corrected chi connectivity index (χ0v) is 12.3. The van der Waals surface area contributed by atoms with Crippen LogP contribution in [0.4, 0.5) is 0 Å². The SMILES string of the molecule is CCCCCNC(=O)C(=O)c1c(C)cc(C)cc1C. The second-order valence-corrected chi connectivity index (χ2v) is 5.07. The Bertz CT molecular complexity index is 455. The molecule has 0 atom stereocenters. The Morgan fingerprint density at radius 3 is 2.16 bits per heavy atom. The Balaban J connectivity index is 2.75. The predicted octanol–water partition coefficient (Wildman–Crippen LogP) is 3.10. The van der Waals surface area contributed by atoms with E-state index >= 15 is 0 Å². The molecule has 0 heterocycles. The van der Waals surface area contributed by atoms with Crippen LogP contribution in [0, 0.1) is 20.8 Å². The van der Waals surface area contributed by atoms with E-state index in [1.54, 1.807) is 0 Å². The molecule has 0 saturated carbocycles. The molecule has 0 aromatic heterocycles. The number of carbonyl (C=O) groups is 2. The van der Waals surface area contributed by atoms with Crippen molar-refractivity contribution in [2.75, 3.05) is 6.54 Å². The van der Waals surface area contributed by atoms with Crippen LogP contribution < -0.4 is 5.32 Å². The molecule has 19 heavy (non-hydrogen) atoms. The molecule has 0 unspecified atom stereocenters. The maximum atomic E-state index is 12.1. The molecule has 0 aliphatic rings. The summed E-state index contributed by atoms with van der Waals surface area (Å²) in [5.74, 6) is -0.919. The quantitative estimate of drug-likeness (QED) is 0.486. The first-order valence-corrected chi connectivity index (χ1v) is 6.87. The van der Waals surface area contributed by atoms with Crippen molar-refractivity contribution in [3.63, 3.8) is 0 Å². The number of carbonyl (C=O) groups excluding carboxylic acids is 2. The first-order chi connectivity index (χ1) is 8.97. The molecular formula is C16H23NO2. The molecule has 1 aromatic carbocycles. The van der Waals surface area contributed by atoms with Gasteiger partial charge in [-0.2, -0.15) is 0 Å². The Kier molecular flexibility index (Phi) is 5.74. The van der Waals surface area contributed by atoms with Crippen LogP contribution in [-0.4, -0.2) is 18.2 Å². The van der Waals surface area contributed by atoms with Crippen molar-refractivity contribution in [3.05, 3.63) is 34.4 Å². The van der Waals surface area contributed by atoms with Crippen molar-refractivity contribution in [2.45, 2.75) is 47.0 Å². The van der Waals surface area contributed by atoms with Gasteiger partial charge in [-0.1, -0.05) is 37.5 Å². The molecule has 0 radical (unpaired) electrons. The summed E-state index contributed by atoms with van der Waals surface area (Å²) in [5.41, 5.74) is 3.38. The van der Waals surface area contributed by atoms with E-state index < -0.39 is 11.7 Å². The predicted molar refractivity (Wildman–Crippen MR) is 77.5 cm³/mol. The van der Waals surface area contributed by atoms with Crippen LogP contribution in [-0.2, 0) is 4.79 Å². The van der Waals surface area contributed by atoms with E-state index in [0.29, 0.717) is 12.1 Å². The minimum Gasteiger partial charge on any atom is -0.349 e. The van der Waals surface area contributed by atoms with E-state index in [1.165, 1.54) is 0 Å². The van der Waals surface area contributed by atoms with Gasteiger partial charge in [0.15, 0.2) is 0 Å². The van der Waals surface area contributed by atoms with Crippen molar-refractivity contribution in [1.82, 2.24) is 5.32 Å². The molecule has 1 rings (SSSR count). The van der Waals surface area contributed by atoms with E-state index in [-0.39, 0.29) is 0 Å². The lowest BCUT2D eigenvalue weighted by Crippen LogP contribution is -2.32. The van der Waals surface area contributed by atoms with Crippen LogP contribution in [0.2, 0.25) is 0 Å². The van der Waals surface area contributed by atoms with Crippen LogP contribution >= 0.6 is 0 Å². The van der Waals surface area contributed by atoms with Crippen LogP contribution in [0.3, 0.4) is 0 Å². The molecule has 0 aliphatic heterocycles. The molecule has 1 amide bonds. The average molecular weight is 261 g/mol. The van der Waals surface area contributed by atoms with Gasteiger partial charge in [-0.05, 0) is 38.3 Å². The van der Waals surface area contributed by atoms with E-state index in [9.17, 15) is 9.59 Å². The zero-order chi connectivity index (χ0) is 14.4. The fourth-order valence-corrected chi connectivity index (χ4v) is 2.31. The third-order valence-corrected chi connectivity index (χ3v) is 3.18. The molecule has 0 spiro atoms. The average Bonchev–Trinajstić information content (AvgIpc) is 2.33. The first kappa shape index (κ1) is 15.4. The summed E-state index contributed by atoms with van der Waals surface area (Å²) >= 11 is 0. The Morgan fingerprint density at radius 1 is 1.05 bits per heavy atom. The Hall–Kier alpha value is -1.64. The lowest BCUT2D eigenvalue weighted by Gasteiger charge is -2.10. The van der Waals surface area contributed by atoms with Gasteiger partial charge in [-0.25, -0.2) is 0 Å². The molecule has 3 heteroatoms. The van der Waals surface area contributed by atoms with Gasteiger partial charge in [-0.15, -0.1) is 0 Å². The summed E-state index contributed by atoms with van der Waals surface area (Å²) in [6.07, 6.45) is 3.08. The normalized spacial score (nSPS) is 10.3. The highest BCUT2D eigenvalue weighted by Gasteiger charge is 2.19. The van der Waals surface area contributed by atoms with Crippen LogP contribution in [0.25, 0.3) is 0 Å². The summed E-state index contributed by atoms with van der Waals surface area (Å²) in [4.78, 5) is 24.0. The van der Waals surface area contributed by atoms with Gasteiger partial charge in [0.25, 0.3) is 11.7 Å². The largest absolute Gasteiger partial charge is 0.349 e. The van der Waals surface area contributed by atoms with Gasteiger partial charge < -0.3 is 5.32 Å². The number of benzene rings is 1. The summed E-state index contributed by atoms with van der Waals surface area (Å²) in [7, 11) is 0. The summed E-state index contributed by atoms with van der Waals surface area (Å²) in [5, 5.41) is 2.70. The maximum absolute atomic E-state index is 12.1. The lowest BCUT2D eigenvalue weighted by atomic mass is 9.96. The van der Waals surface area contributed by atoms with E-state index in [2.05, 4.69) is 12.2 Å². The topological polar surface area (TPSA) is 46.2 Å². The third kappa shape index (κ3) is 4.19. The minimum atomic E-state index is -0.494. The number of hydrogen-bond donors (Lipinski definition) is 1. The number of hydrogen-bond acceptors (Lipinski definition) is 2. The van der Waals surface area contributed by atoms with Crippen molar-refractivity contribution in [1.29, 1.82) is 0 Å². The first-order valence-electron chi connectivity index (χ1n) is 6.87. The Morgan fingerprint density at radius 2 is 1.63 bits per heavy atom. The van der Waals surface area contributed by atoms with E-state index in [0.717, 1.165) is 36.0 Å². The second kappa shape index (κ2) is 7.07. The number of rotatable bonds is 6. The molecular weight excluding hydrogens is 238 g/mol. The number of ketones is 1. The van der Waals surface area contributed by atoms with Gasteiger partial charge in [0.1, 0.15) is 0 Å².